The van der Waals surface area contributed by atoms with Crippen LogP contribution >= 0.6 is 0 Å². The van der Waals surface area contributed by atoms with E-state index >= 15 is 0 Å². The smallest absolute Gasteiger partial charge is 0.242 e. The van der Waals surface area contributed by atoms with Crippen LogP contribution < -0.4 is 0 Å². The van der Waals surface area contributed by atoms with E-state index in [1.807, 2.05) is 19.1 Å². The molecule has 0 saturated carbocycles. The van der Waals surface area contributed by atoms with Gasteiger partial charge in [-0.25, -0.2) is 5.01 Å². The summed E-state index contributed by atoms with van der Waals surface area (Å²) in [5.74, 6) is 0.764. The van der Waals surface area contributed by atoms with Gasteiger partial charge in [-0.3, -0.25) is 4.79 Å². The van der Waals surface area contributed by atoms with Gasteiger partial charge in [-0.2, -0.15) is 5.10 Å². The molecule has 0 fully saturated rings. The van der Waals surface area contributed by atoms with Crippen molar-refractivity contribution in [2.24, 2.45) is 5.10 Å². The van der Waals surface area contributed by atoms with Crippen LogP contribution in [0, 0.1) is 6.92 Å². The van der Waals surface area contributed by atoms with E-state index in [0.29, 0.717) is 12.8 Å². The van der Waals surface area contributed by atoms with Gasteiger partial charge in [0.15, 0.2) is 0 Å². The van der Waals surface area contributed by atoms with Crippen molar-refractivity contribution in [1.29, 1.82) is 0 Å². The average Bonchev–Trinajstić information content (AvgIpc) is 3.16. The van der Waals surface area contributed by atoms with E-state index in [9.17, 15) is 4.79 Å². The quantitative estimate of drug-likeness (QED) is 0.862. The van der Waals surface area contributed by atoms with E-state index in [1.165, 1.54) is 5.56 Å². The highest BCUT2D eigenvalue weighted by Gasteiger charge is 2.33. The Kier molecular flexibility index (Phi) is 3.60. The largest absolute Gasteiger partial charge is 0.463 e. The molecule has 1 aromatic carbocycles. The normalized spacial score (nSPS) is 17.9. The van der Waals surface area contributed by atoms with Crippen LogP contribution in [-0.4, -0.2) is 16.6 Å². The van der Waals surface area contributed by atoms with Gasteiger partial charge in [0.2, 0.25) is 5.91 Å². The van der Waals surface area contributed by atoms with Crippen molar-refractivity contribution in [2.45, 2.75) is 32.7 Å². The highest BCUT2D eigenvalue weighted by molar-refractivity contribution is 6.01. The molecular formula is C17H18N2O2. The SMILES string of the molecule is CCC(=O)N1N=C(c2ccco2)CC1c1ccc(C)cc1. The van der Waals surface area contributed by atoms with Crippen LogP contribution in [0.2, 0.25) is 0 Å². The number of carbonyl (C=O) groups is 1. The molecule has 1 aliphatic heterocycles. The number of hydrazone groups is 1. The van der Waals surface area contributed by atoms with Gasteiger partial charge in [0.05, 0.1) is 12.3 Å². The molecule has 4 heteroatoms. The lowest BCUT2D eigenvalue weighted by molar-refractivity contribution is -0.132. The molecule has 0 aliphatic carbocycles. The molecule has 4 nitrogen and oxygen atoms in total. The first-order chi connectivity index (χ1) is 10.2. The predicted octanol–water partition coefficient (Wildman–Crippen LogP) is 3.68. The molecule has 108 valence electrons. The highest BCUT2D eigenvalue weighted by atomic mass is 16.3. The van der Waals surface area contributed by atoms with Gasteiger partial charge in [0.1, 0.15) is 11.5 Å². The molecule has 1 unspecified atom stereocenters. The van der Waals surface area contributed by atoms with Crippen molar-refractivity contribution in [2.75, 3.05) is 0 Å². The first-order valence-corrected chi connectivity index (χ1v) is 7.19. The van der Waals surface area contributed by atoms with Gasteiger partial charge >= 0.3 is 0 Å². The van der Waals surface area contributed by atoms with Crippen LogP contribution in [0.4, 0.5) is 0 Å². The van der Waals surface area contributed by atoms with Crippen LogP contribution in [0.3, 0.4) is 0 Å². The third-order valence-corrected chi connectivity index (χ3v) is 3.74. The minimum Gasteiger partial charge on any atom is -0.463 e. The first-order valence-electron chi connectivity index (χ1n) is 7.19. The zero-order valence-electron chi connectivity index (χ0n) is 12.2. The third kappa shape index (κ3) is 2.61. The molecule has 0 spiro atoms. The maximum atomic E-state index is 12.2. The summed E-state index contributed by atoms with van der Waals surface area (Å²) in [7, 11) is 0. The van der Waals surface area contributed by atoms with Crippen molar-refractivity contribution in [1.82, 2.24) is 5.01 Å². The van der Waals surface area contributed by atoms with E-state index in [0.717, 1.165) is 17.0 Å². The second kappa shape index (κ2) is 5.56. The molecule has 0 radical (unpaired) electrons. The van der Waals surface area contributed by atoms with E-state index in [4.69, 9.17) is 4.42 Å². The van der Waals surface area contributed by atoms with Crippen molar-refractivity contribution in [3.8, 4) is 0 Å². The molecule has 21 heavy (non-hydrogen) atoms. The van der Waals surface area contributed by atoms with Crippen molar-refractivity contribution >= 4 is 11.6 Å². The van der Waals surface area contributed by atoms with Gasteiger partial charge in [-0.05, 0) is 24.6 Å². The molecule has 0 saturated heterocycles. The molecule has 1 aliphatic rings. The second-order valence-electron chi connectivity index (χ2n) is 5.25. The Morgan fingerprint density at radius 2 is 2.10 bits per heavy atom. The van der Waals surface area contributed by atoms with Crippen molar-refractivity contribution in [3.05, 3.63) is 59.5 Å². The molecule has 1 amide bonds. The van der Waals surface area contributed by atoms with Crippen LogP contribution in [0.5, 0.6) is 0 Å². The Morgan fingerprint density at radius 1 is 1.33 bits per heavy atom. The summed E-state index contributed by atoms with van der Waals surface area (Å²) in [6.07, 6.45) is 2.75. The van der Waals surface area contributed by atoms with Crippen LogP contribution in [0.25, 0.3) is 0 Å². The van der Waals surface area contributed by atoms with Gasteiger partial charge in [0, 0.05) is 12.8 Å². The molecule has 1 aromatic heterocycles. The molecule has 2 heterocycles. The third-order valence-electron chi connectivity index (χ3n) is 3.74. The van der Waals surface area contributed by atoms with Crippen molar-refractivity contribution in [3.63, 3.8) is 0 Å². The Hall–Kier alpha value is -2.36. The fourth-order valence-electron chi connectivity index (χ4n) is 2.54. The molecule has 2 aromatic rings. The predicted molar refractivity (Wildman–Crippen MR) is 80.9 cm³/mol. The second-order valence-corrected chi connectivity index (χ2v) is 5.25. The summed E-state index contributed by atoms with van der Waals surface area (Å²) < 4.78 is 5.41. The summed E-state index contributed by atoms with van der Waals surface area (Å²) in [5, 5.41) is 6.09. The molecule has 0 N–H and O–H groups in total. The highest BCUT2D eigenvalue weighted by Crippen LogP contribution is 2.33. The lowest BCUT2D eigenvalue weighted by Gasteiger charge is -2.21. The summed E-state index contributed by atoms with van der Waals surface area (Å²) in [5.41, 5.74) is 3.14. The Balaban J connectivity index is 1.93. The maximum absolute atomic E-state index is 12.2. The van der Waals surface area contributed by atoms with Gasteiger partial charge in [-0.1, -0.05) is 36.8 Å². The monoisotopic (exact) mass is 282 g/mol. The topological polar surface area (TPSA) is 45.8 Å². The number of benzene rings is 1. The fraction of sp³-hybridized carbons (Fsp3) is 0.294. The fourth-order valence-corrected chi connectivity index (χ4v) is 2.54. The van der Waals surface area contributed by atoms with E-state index < -0.39 is 0 Å². The summed E-state index contributed by atoms with van der Waals surface area (Å²) in [6, 6.07) is 11.9. The summed E-state index contributed by atoms with van der Waals surface area (Å²) in [4.78, 5) is 12.2. The number of hydrogen-bond acceptors (Lipinski definition) is 3. The van der Waals surface area contributed by atoms with Gasteiger partial charge in [0.25, 0.3) is 0 Å². The van der Waals surface area contributed by atoms with Crippen LogP contribution in [0.15, 0.2) is 52.2 Å². The number of carbonyl (C=O) groups excluding carboxylic acids is 1. The molecule has 3 rings (SSSR count). The maximum Gasteiger partial charge on any atom is 0.242 e. The van der Waals surface area contributed by atoms with E-state index in [-0.39, 0.29) is 11.9 Å². The number of rotatable bonds is 3. The Labute approximate surface area is 124 Å². The molecule has 1 atom stereocenters. The molecule has 0 bridgehead atoms. The molecular weight excluding hydrogens is 264 g/mol. The summed E-state index contributed by atoms with van der Waals surface area (Å²) in [6.45, 7) is 3.91. The summed E-state index contributed by atoms with van der Waals surface area (Å²) >= 11 is 0. The Bertz CT molecular complexity index is 657. The van der Waals surface area contributed by atoms with E-state index in [2.05, 4.69) is 36.3 Å². The lowest BCUT2D eigenvalue weighted by atomic mass is 10.00. The standard InChI is InChI=1S/C17H18N2O2/c1-3-17(20)19-15(13-8-6-12(2)7-9-13)11-14(18-19)16-5-4-10-21-16/h4-10,15H,3,11H2,1-2H3. The minimum absolute atomic E-state index is 0.0298. The zero-order valence-corrected chi connectivity index (χ0v) is 12.2. The van der Waals surface area contributed by atoms with Gasteiger partial charge in [-0.15, -0.1) is 0 Å². The first kappa shape index (κ1) is 13.6. The average molecular weight is 282 g/mol. The number of furan rings is 1. The van der Waals surface area contributed by atoms with Crippen LogP contribution in [-0.2, 0) is 4.79 Å². The van der Waals surface area contributed by atoms with Crippen molar-refractivity contribution < 1.29 is 9.21 Å². The number of amides is 1. The van der Waals surface area contributed by atoms with Gasteiger partial charge < -0.3 is 4.42 Å². The van der Waals surface area contributed by atoms with Crippen LogP contribution in [0.1, 0.15) is 42.7 Å². The lowest BCUT2D eigenvalue weighted by Crippen LogP contribution is -2.26. The Morgan fingerprint density at radius 3 is 2.71 bits per heavy atom. The minimum atomic E-state index is -0.0434. The van der Waals surface area contributed by atoms with E-state index in [1.54, 1.807) is 11.3 Å². The number of nitrogens with zero attached hydrogens (tertiary/aromatic N) is 2. The zero-order chi connectivity index (χ0) is 14.8. The number of hydrogen-bond donors (Lipinski definition) is 0. The number of aryl methyl sites for hydroxylation is 1.